The Hall–Kier alpha value is -0.310. The zero-order valence-electron chi connectivity index (χ0n) is 10.0. The van der Waals surface area contributed by atoms with Gasteiger partial charge in [-0.15, -0.1) is 0 Å². The molecule has 0 aromatic heterocycles. The van der Waals surface area contributed by atoms with Crippen molar-refractivity contribution in [2.24, 2.45) is 0 Å². The van der Waals surface area contributed by atoms with Crippen LogP contribution in [-0.2, 0) is 0 Å². The Morgan fingerprint density at radius 3 is 2.67 bits per heavy atom. The summed E-state index contributed by atoms with van der Waals surface area (Å²) < 4.78 is 3.05. The van der Waals surface area contributed by atoms with E-state index in [1.165, 1.54) is 42.6 Å². The Balaban J connectivity index is 2.06. The van der Waals surface area contributed by atoms with Crippen LogP contribution in [0.15, 0.2) is 28.3 Å². The lowest BCUT2D eigenvalue weighted by atomic mass is 9.82. The van der Waals surface area contributed by atoms with Crippen LogP contribution in [0.5, 0.6) is 0 Å². The van der Waals surface area contributed by atoms with Crippen molar-refractivity contribution in [2.45, 2.75) is 42.9 Å². The molecule has 1 aliphatic carbocycles. The zero-order chi connectivity index (χ0) is 12.5. The molecule has 3 rings (SSSR count). The number of hydrogen-bond acceptors (Lipinski definition) is 2. The number of halogens is 2. The highest BCUT2D eigenvalue weighted by Gasteiger charge is 2.25. The van der Waals surface area contributed by atoms with Crippen molar-refractivity contribution in [1.82, 2.24) is 4.72 Å². The van der Waals surface area contributed by atoms with Crippen molar-refractivity contribution in [1.29, 1.82) is 0 Å². The van der Waals surface area contributed by atoms with E-state index >= 15 is 0 Å². The van der Waals surface area contributed by atoms with Gasteiger partial charge in [-0.2, -0.15) is 0 Å². The zero-order valence-corrected chi connectivity index (χ0v) is 12.3. The fourth-order valence-electron chi connectivity index (χ4n) is 2.88. The van der Waals surface area contributed by atoms with Gasteiger partial charge in [0.05, 0.1) is 5.03 Å². The van der Waals surface area contributed by atoms with Gasteiger partial charge >= 0.3 is 0 Å². The third kappa shape index (κ3) is 2.26. The Morgan fingerprint density at radius 2 is 1.89 bits per heavy atom. The third-order valence-electron chi connectivity index (χ3n) is 3.77. The van der Waals surface area contributed by atoms with Gasteiger partial charge in [0, 0.05) is 10.5 Å². The molecule has 18 heavy (non-hydrogen) atoms. The van der Waals surface area contributed by atoms with Gasteiger partial charge in [-0.05, 0) is 42.3 Å². The van der Waals surface area contributed by atoms with Gasteiger partial charge in [-0.25, -0.2) is 0 Å². The molecular weight excluding hydrogens is 285 g/mol. The third-order valence-corrected chi connectivity index (χ3v) is 5.50. The van der Waals surface area contributed by atoms with Crippen molar-refractivity contribution in [3.8, 4) is 0 Å². The van der Waals surface area contributed by atoms with E-state index in [9.17, 15) is 0 Å². The summed E-state index contributed by atoms with van der Waals surface area (Å²) in [5.74, 6) is 0.644. The lowest BCUT2D eigenvalue weighted by Crippen LogP contribution is -2.12. The maximum atomic E-state index is 6.39. The number of nitrogens with one attached hydrogen (secondary N) is 1. The molecule has 0 spiro atoms. The van der Waals surface area contributed by atoms with Gasteiger partial charge in [0.1, 0.15) is 5.16 Å². The van der Waals surface area contributed by atoms with Gasteiger partial charge in [0.25, 0.3) is 0 Å². The SMILES string of the molecule is ClC1=C(Cl)c2c(cccc2C2CCCCC2)SN1. The largest absolute Gasteiger partial charge is 0.315 e. The standard InChI is InChI=1S/C14H15Cl2NS/c15-13-12-10(9-5-2-1-3-6-9)7-4-8-11(12)18-17-14(13)16/h4,7-9,17H,1-3,5-6H2. The van der Waals surface area contributed by atoms with E-state index in [-0.39, 0.29) is 0 Å². The molecule has 1 nitrogen and oxygen atoms in total. The molecule has 0 atom stereocenters. The Bertz CT molecular complexity index is 493. The fourth-order valence-corrected chi connectivity index (χ4v) is 4.23. The molecule has 1 N–H and O–H groups in total. The lowest BCUT2D eigenvalue weighted by Gasteiger charge is -2.27. The second kappa shape index (κ2) is 5.36. The van der Waals surface area contributed by atoms with Crippen molar-refractivity contribution < 1.29 is 0 Å². The van der Waals surface area contributed by atoms with E-state index in [1.54, 1.807) is 11.9 Å². The van der Waals surface area contributed by atoms with Crippen LogP contribution in [0.25, 0.3) is 5.03 Å². The minimum atomic E-state index is 0.553. The van der Waals surface area contributed by atoms with Crippen LogP contribution in [-0.4, -0.2) is 0 Å². The molecule has 4 heteroatoms. The van der Waals surface area contributed by atoms with Gasteiger partial charge in [0.2, 0.25) is 0 Å². The molecule has 1 heterocycles. The molecule has 1 aliphatic heterocycles. The highest BCUT2D eigenvalue weighted by molar-refractivity contribution is 7.97. The summed E-state index contributed by atoms with van der Waals surface area (Å²) in [6.45, 7) is 0. The van der Waals surface area contributed by atoms with E-state index in [1.807, 2.05) is 0 Å². The molecular formula is C14H15Cl2NS. The highest BCUT2D eigenvalue weighted by atomic mass is 35.5. The first kappa shape index (κ1) is 12.7. The summed E-state index contributed by atoms with van der Waals surface area (Å²) >= 11 is 14.1. The summed E-state index contributed by atoms with van der Waals surface area (Å²) in [4.78, 5) is 1.19. The molecule has 0 saturated heterocycles. The number of fused-ring (bicyclic) bond motifs is 1. The highest BCUT2D eigenvalue weighted by Crippen LogP contribution is 2.44. The predicted molar refractivity (Wildman–Crippen MR) is 79.9 cm³/mol. The normalized spacial score (nSPS) is 20.6. The van der Waals surface area contributed by atoms with Crippen LogP contribution in [0.3, 0.4) is 0 Å². The Kier molecular flexibility index (Phi) is 3.78. The van der Waals surface area contributed by atoms with Crippen LogP contribution < -0.4 is 4.72 Å². The van der Waals surface area contributed by atoms with Gasteiger partial charge in [0.15, 0.2) is 0 Å². The molecule has 0 amide bonds. The minimum Gasteiger partial charge on any atom is -0.315 e. The minimum absolute atomic E-state index is 0.553. The molecule has 1 aromatic rings. The maximum Gasteiger partial charge on any atom is 0.131 e. The maximum absolute atomic E-state index is 6.39. The van der Waals surface area contributed by atoms with Crippen LogP contribution in [0, 0.1) is 0 Å². The molecule has 0 bridgehead atoms. The average Bonchev–Trinajstić information content (AvgIpc) is 2.43. The smallest absolute Gasteiger partial charge is 0.131 e. The first-order valence-electron chi connectivity index (χ1n) is 6.39. The van der Waals surface area contributed by atoms with Crippen LogP contribution >= 0.6 is 35.1 Å². The Morgan fingerprint density at radius 1 is 1.11 bits per heavy atom. The van der Waals surface area contributed by atoms with Crippen LogP contribution in [0.1, 0.15) is 49.1 Å². The van der Waals surface area contributed by atoms with Crippen molar-refractivity contribution in [3.63, 3.8) is 0 Å². The van der Waals surface area contributed by atoms with Crippen molar-refractivity contribution in [3.05, 3.63) is 34.5 Å². The topological polar surface area (TPSA) is 12.0 Å². The lowest BCUT2D eigenvalue weighted by molar-refractivity contribution is 0.442. The summed E-state index contributed by atoms with van der Waals surface area (Å²) in [7, 11) is 0. The molecule has 1 aromatic carbocycles. The second-order valence-corrected chi connectivity index (χ2v) is 6.49. The summed E-state index contributed by atoms with van der Waals surface area (Å²) in [5, 5.41) is 1.23. The van der Waals surface area contributed by atoms with E-state index in [0.717, 1.165) is 5.56 Å². The summed E-state index contributed by atoms with van der Waals surface area (Å²) in [5.41, 5.74) is 2.53. The average molecular weight is 300 g/mol. The molecule has 1 fully saturated rings. The van der Waals surface area contributed by atoms with Gasteiger partial charge in [-0.3, -0.25) is 0 Å². The quantitative estimate of drug-likeness (QED) is 0.547. The second-order valence-electron chi connectivity index (χ2n) is 4.89. The first-order valence-corrected chi connectivity index (χ1v) is 7.96. The molecule has 96 valence electrons. The van der Waals surface area contributed by atoms with E-state index < -0.39 is 0 Å². The first-order chi connectivity index (χ1) is 8.77. The van der Waals surface area contributed by atoms with Gasteiger partial charge in [-0.1, -0.05) is 54.6 Å². The summed E-state index contributed by atoms with van der Waals surface area (Å²) in [6.07, 6.45) is 6.57. The fraction of sp³-hybridized carbons (Fsp3) is 0.429. The predicted octanol–water partition coefficient (Wildman–Crippen LogP) is 5.45. The summed E-state index contributed by atoms with van der Waals surface area (Å²) in [6, 6.07) is 6.44. The molecule has 2 aliphatic rings. The molecule has 1 saturated carbocycles. The number of benzene rings is 1. The van der Waals surface area contributed by atoms with E-state index in [4.69, 9.17) is 23.2 Å². The van der Waals surface area contributed by atoms with E-state index in [0.29, 0.717) is 16.1 Å². The monoisotopic (exact) mass is 299 g/mol. The number of hydrogen-bond donors (Lipinski definition) is 1. The van der Waals surface area contributed by atoms with Crippen LogP contribution in [0.2, 0.25) is 0 Å². The number of rotatable bonds is 1. The van der Waals surface area contributed by atoms with Gasteiger partial charge < -0.3 is 4.72 Å². The van der Waals surface area contributed by atoms with Crippen LogP contribution in [0.4, 0.5) is 0 Å². The molecule has 0 unspecified atom stereocenters. The van der Waals surface area contributed by atoms with Crippen molar-refractivity contribution >= 4 is 40.2 Å². The Labute approximate surface area is 122 Å². The van der Waals surface area contributed by atoms with E-state index in [2.05, 4.69) is 22.9 Å². The molecule has 0 radical (unpaired) electrons. The van der Waals surface area contributed by atoms with Crippen molar-refractivity contribution in [2.75, 3.05) is 0 Å².